The van der Waals surface area contributed by atoms with Gasteiger partial charge in [0.05, 0.1) is 18.5 Å². The summed E-state index contributed by atoms with van der Waals surface area (Å²) in [5.41, 5.74) is 6.43. The number of nitrogens with two attached hydrogens (primary N) is 1. The second-order valence-electron chi connectivity index (χ2n) is 8.40. The van der Waals surface area contributed by atoms with Crippen LogP contribution < -0.4 is 10.5 Å². The Morgan fingerprint density at radius 3 is 2.74 bits per heavy atom. The summed E-state index contributed by atoms with van der Waals surface area (Å²) in [4.78, 5) is 24.6. The van der Waals surface area contributed by atoms with Crippen molar-refractivity contribution in [3.05, 3.63) is 42.5 Å². The quantitative estimate of drug-likeness (QED) is 0.413. The van der Waals surface area contributed by atoms with Gasteiger partial charge in [0, 0.05) is 0 Å². The summed E-state index contributed by atoms with van der Waals surface area (Å²) in [7, 11) is -4.55. The van der Waals surface area contributed by atoms with Crippen molar-refractivity contribution in [2.45, 2.75) is 44.2 Å². The second kappa shape index (κ2) is 8.39. The smallest absolute Gasteiger partial charge is 0.362 e. The average molecular weight is 506 g/mol. The number of para-hydroxylation sites is 1. The van der Waals surface area contributed by atoms with Crippen LogP contribution in [0.2, 0.25) is 0 Å². The highest BCUT2D eigenvalue weighted by Crippen LogP contribution is 2.44. The Hall–Kier alpha value is -3.37. The maximum atomic E-state index is 12.4. The number of nitrogen functional groups attached to an aromatic ring is 1. The molecule has 1 unspecified atom stereocenters. The van der Waals surface area contributed by atoms with E-state index in [1.54, 1.807) is 23.1 Å². The van der Waals surface area contributed by atoms with Crippen molar-refractivity contribution < 1.29 is 36.7 Å². The summed E-state index contributed by atoms with van der Waals surface area (Å²) in [6.07, 6.45) is -0.257. The van der Waals surface area contributed by atoms with Crippen LogP contribution in [0.1, 0.15) is 30.4 Å². The highest BCUT2D eigenvalue weighted by molar-refractivity contribution is 7.85. The van der Waals surface area contributed by atoms with Gasteiger partial charge in [0.2, 0.25) is 0 Å². The number of aromatic nitrogens is 4. The van der Waals surface area contributed by atoms with Gasteiger partial charge in [-0.3, -0.25) is 13.5 Å². The van der Waals surface area contributed by atoms with Gasteiger partial charge < -0.3 is 25.1 Å². The third kappa shape index (κ3) is 4.39. The van der Waals surface area contributed by atoms with Crippen LogP contribution in [0.25, 0.3) is 11.2 Å². The van der Waals surface area contributed by atoms with E-state index in [2.05, 4.69) is 15.0 Å². The summed E-state index contributed by atoms with van der Waals surface area (Å²) in [5.74, 6) is -2.20. The lowest BCUT2D eigenvalue weighted by Gasteiger charge is -2.24. The lowest BCUT2D eigenvalue weighted by molar-refractivity contribution is -0.198. The molecule has 0 bridgehead atoms. The van der Waals surface area contributed by atoms with Crippen molar-refractivity contribution in [1.29, 1.82) is 0 Å². The van der Waals surface area contributed by atoms with Gasteiger partial charge in [-0.2, -0.15) is 8.42 Å². The number of ether oxygens (including phenoxy) is 3. The number of carbonyl (C=O) groups excluding carboxylic acids is 1. The third-order valence-corrected chi connectivity index (χ3v) is 6.42. The first kappa shape index (κ1) is 23.4. The fourth-order valence-electron chi connectivity index (χ4n) is 4.09. The van der Waals surface area contributed by atoms with E-state index in [0.29, 0.717) is 11.2 Å². The van der Waals surface area contributed by atoms with Gasteiger partial charge >= 0.3 is 10.3 Å². The molecule has 15 heteroatoms. The van der Waals surface area contributed by atoms with E-state index in [0.717, 1.165) is 0 Å². The van der Waals surface area contributed by atoms with E-state index in [4.69, 9.17) is 24.1 Å². The monoisotopic (exact) mass is 506 g/mol. The normalized spacial score (nSPS) is 25.5. The number of amides is 1. The van der Waals surface area contributed by atoms with E-state index in [1.165, 1.54) is 36.9 Å². The van der Waals surface area contributed by atoms with Gasteiger partial charge in [-0.1, -0.05) is 12.1 Å². The number of carbonyl (C=O) groups is 1. The van der Waals surface area contributed by atoms with Gasteiger partial charge in [0.15, 0.2) is 23.5 Å². The van der Waals surface area contributed by atoms with Crippen LogP contribution in [0.15, 0.2) is 36.9 Å². The number of phenols is 1. The minimum Gasteiger partial charge on any atom is -0.507 e. The first-order valence-electron chi connectivity index (χ1n) is 10.5. The molecule has 2 aromatic heterocycles. The number of nitrogens with zero attached hydrogens (tertiary/aromatic N) is 4. The molecule has 1 aromatic carbocycles. The number of hydrogen-bond donors (Lipinski definition) is 3. The van der Waals surface area contributed by atoms with Crippen molar-refractivity contribution in [2.24, 2.45) is 0 Å². The Morgan fingerprint density at radius 2 is 1.97 bits per heavy atom. The van der Waals surface area contributed by atoms with E-state index in [-0.39, 0.29) is 17.1 Å². The molecule has 0 spiro atoms. The van der Waals surface area contributed by atoms with Crippen LogP contribution in [-0.4, -0.2) is 69.7 Å². The molecule has 0 radical (unpaired) electrons. The zero-order chi connectivity index (χ0) is 25.0. The molecule has 5 rings (SSSR count). The van der Waals surface area contributed by atoms with Crippen molar-refractivity contribution in [3.8, 4) is 5.75 Å². The van der Waals surface area contributed by atoms with Gasteiger partial charge in [0.1, 0.15) is 35.9 Å². The minimum atomic E-state index is -4.55. The van der Waals surface area contributed by atoms with Gasteiger partial charge in [-0.15, -0.1) is 0 Å². The van der Waals surface area contributed by atoms with Crippen LogP contribution in [0, 0.1) is 0 Å². The molecule has 1 amide bonds. The van der Waals surface area contributed by atoms with Crippen LogP contribution >= 0.6 is 0 Å². The lowest BCUT2D eigenvalue weighted by Crippen LogP contribution is -2.37. The molecule has 4 N–H and O–H groups in total. The lowest BCUT2D eigenvalue weighted by atomic mass is 10.1. The predicted octanol–water partition coefficient (Wildman–Crippen LogP) is 0.223. The molecule has 0 saturated carbocycles. The fourth-order valence-corrected chi connectivity index (χ4v) is 4.80. The SMILES string of the molecule is CC1(C)OC2[C@@H](O1)[C@@H](COS(=O)(=O)NC(=O)c1ccccc1O)O[C@H]2n1cnc2c(N)ncnc21. The summed E-state index contributed by atoms with van der Waals surface area (Å²) in [5, 5.41) is 9.77. The number of benzene rings is 1. The summed E-state index contributed by atoms with van der Waals surface area (Å²) >= 11 is 0. The molecule has 4 heterocycles. The molecule has 3 aromatic rings. The van der Waals surface area contributed by atoms with Gasteiger partial charge in [0.25, 0.3) is 5.91 Å². The standard InChI is InChI=1S/C20H22N6O8S/c1-20(2)33-14-12(7-31-35(29,30)25-18(28)10-5-3-4-6-11(10)27)32-19(15(14)34-20)26-9-24-13-16(21)22-8-23-17(13)26/h3-6,8-9,12,14-15,19,27H,7H2,1-2H3,(H,25,28)(H2,21,22,23)/t12-,14+,15?,19-/m1/s1. The number of fused-ring (bicyclic) bond motifs is 2. The Kier molecular flexibility index (Phi) is 5.60. The third-order valence-electron chi connectivity index (χ3n) is 5.54. The highest BCUT2D eigenvalue weighted by Gasteiger charge is 2.56. The molecule has 2 aliphatic rings. The zero-order valence-electron chi connectivity index (χ0n) is 18.6. The number of imidazole rings is 1. The number of nitrogens with one attached hydrogen (secondary N) is 1. The Labute approximate surface area is 199 Å². The topological polar surface area (TPSA) is 190 Å². The number of rotatable bonds is 6. The molecule has 186 valence electrons. The molecule has 35 heavy (non-hydrogen) atoms. The molecule has 2 fully saturated rings. The van der Waals surface area contributed by atoms with Crippen molar-refractivity contribution in [1.82, 2.24) is 24.2 Å². The first-order valence-corrected chi connectivity index (χ1v) is 11.9. The van der Waals surface area contributed by atoms with Gasteiger partial charge in [-0.25, -0.2) is 19.7 Å². The molecule has 0 aliphatic carbocycles. The van der Waals surface area contributed by atoms with Crippen LogP contribution in [0.4, 0.5) is 5.82 Å². The first-order chi connectivity index (χ1) is 16.5. The molecule has 2 aliphatic heterocycles. The fraction of sp³-hybridized carbons (Fsp3) is 0.400. The van der Waals surface area contributed by atoms with E-state index >= 15 is 0 Å². The minimum absolute atomic E-state index is 0.193. The zero-order valence-corrected chi connectivity index (χ0v) is 19.4. The molecular formula is C20H22N6O8S. The maximum absolute atomic E-state index is 12.4. The number of phenolic OH excluding ortho intramolecular Hbond substituents is 1. The van der Waals surface area contributed by atoms with Gasteiger partial charge in [-0.05, 0) is 26.0 Å². The number of hydrogen-bond acceptors (Lipinski definition) is 12. The maximum Gasteiger partial charge on any atom is 0.362 e. The predicted molar refractivity (Wildman–Crippen MR) is 118 cm³/mol. The molecule has 2 saturated heterocycles. The Balaban J connectivity index is 1.34. The van der Waals surface area contributed by atoms with Crippen LogP contribution in [0.3, 0.4) is 0 Å². The number of aromatic hydroxyl groups is 1. The summed E-state index contributed by atoms with van der Waals surface area (Å²) in [6, 6.07) is 5.50. The van der Waals surface area contributed by atoms with Crippen LogP contribution in [0.5, 0.6) is 5.75 Å². The summed E-state index contributed by atoms with van der Waals surface area (Å²) in [6.45, 7) is 2.95. The van der Waals surface area contributed by atoms with Crippen molar-refractivity contribution in [2.75, 3.05) is 12.3 Å². The second-order valence-corrected chi connectivity index (χ2v) is 9.75. The molecule has 4 atom stereocenters. The van der Waals surface area contributed by atoms with E-state index < -0.39 is 53.1 Å². The van der Waals surface area contributed by atoms with Crippen molar-refractivity contribution in [3.63, 3.8) is 0 Å². The average Bonchev–Trinajstić information content (AvgIpc) is 3.44. The Morgan fingerprint density at radius 1 is 1.23 bits per heavy atom. The number of anilines is 1. The highest BCUT2D eigenvalue weighted by atomic mass is 32.2. The molecular weight excluding hydrogens is 484 g/mol. The Bertz CT molecular complexity index is 1390. The van der Waals surface area contributed by atoms with E-state index in [1.807, 2.05) is 0 Å². The molecule has 14 nitrogen and oxygen atoms in total. The summed E-state index contributed by atoms with van der Waals surface area (Å²) < 4.78 is 51.2. The van der Waals surface area contributed by atoms with E-state index in [9.17, 15) is 18.3 Å². The largest absolute Gasteiger partial charge is 0.507 e. The van der Waals surface area contributed by atoms with Crippen molar-refractivity contribution >= 4 is 33.2 Å². The van der Waals surface area contributed by atoms with Crippen LogP contribution in [-0.2, 0) is 28.7 Å².